The van der Waals surface area contributed by atoms with Gasteiger partial charge in [-0.3, -0.25) is 14.4 Å². The molecule has 0 aromatic heterocycles. The highest BCUT2D eigenvalue weighted by molar-refractivity contribution is 5.92. The molecule has 0 heterocycles. The predicted molar refractivity (Wildman–Crippen MR) is 152 cm³/mol. The Morgan fingerprint density at radius 3 is 2.15 bits per heavy atom. The molecule has 0 saturated carbocycles. The van der Waals surface area contributed by atoms with Crippen LogP contribution in [0.5, 0.6) is 0 Å². The normalized spacial score (nSPS) is 12.8. The van der Waals surface area contributed by atoms with Crippen molar-refractivity contribution in [2.24, 2.45) is 5.92 Å². The van der Waals surface area contributed by atoms with Crippen molar-refractivity contribution < 1.29 is 28.7 Å². The Bertz CT molecular complexity index is 898. The molecular formula is C30H49N3O6. The summed E-state index contributed by atoms with van der Waals surface area (Å²) in [6.45, 7) is 13.5. The molecule has 39 heavy (non-hydrogen) atoms. The quantitative estimate of drug-likeness (QED) is 0.219. The van der Waals surface area contributed by atoms with Crippen molar-refractivity contribution >= 4 is 23.9 Å². The highest BCUT2D eigenvalue weighted by atomic mass is 16.6. The molecular weight excluding hydrogens is 498 g/mol. The number of unbranched alkanes of at least 4 members (excludes halogenated alkanes) is 4. The summed E-state index contributed by atoms with van der Waals surface area (Å²) in [5.41, 5.74) is -0.0771. The molecule has 0 bridgehead atoms. The number of hydrogen-bond donors (Lipinski definition) is 2. The van der Waals surface area contributed by atoms with Crippen molar-refractivity contribution in [1.82, 2.24) is 15.5 Å². The molecule has 0 fully saturated rings. The average Bonchev–Trinajstić information content (AvgIpc) is 2.85. The van der Waals surface area contributed by atoms with Gasteiger partial charge in [0, 0.05) is 13.1 Å². The van der Waals surface area contributed by atoms with Gasteiger partial charge in [0.1, 0.15) is 17.7 Å². The van der Waals surface area contributed by atoms with Gasteiger partial charge < -0.3 is 25.0 Å². The van der Waals surface area contributed by atoms with Gasteiger partial charge >= 0.3 is 12.1 Å². The summed E-state index contributed by atoms with van der Waals surface area (Å²) in [6, 6.07) is 7.25. The second-order valence-electron chi connectivity index (χ2n) is 11.0. The van der Waals surface area contributed by atoms with E-state index in [2.05, 4.69) is 17.6 Å². The Hall–Kier alpha value is -3.10. The first-order valence-corrected chi connectivity index (χ1v) is 14.2. The summed E-state index contributed by atoms with van der Waals surface area (Å²) in [4.78, 5) is 53.7. The minimum Gasteiger partial charge on any atom is -0.466 e. The number of benzene rings is 1. The van der Waals surface area contributed by atoms with E-state index in [-0.39, 0.29) is 31.4 Å². The Morgan fingerprint density at radius 1 is 0.949 bits per heavy atom. The van der Waals surface area contributed by atoms with E-state index in [1.54, 1.807) is 44.7 Å². The van der Waals surface area contributed by atoms with Crippen molar-refractivity contribution in [3.8, 4) is 0 Å². The van der Waals surface area contributed by atoms with Gasteiger partial charge in [0.25, 0.3) is 0 Å². The number of nitrogens with zero attached hydrogens (tertiary/aromatic N) is 1. The molecule has 1 rings (SSSR count). The summed E-state index contributed by atoms with van der Waals surface area (Å²) >= 11 is 0. The summed E-state index contributed by atoms with van der Waals surface area (Å²) in [7, 11) is 0. The van der Waals surface area contributed by atoms with Crippen molar-refractivity contribution in [2.45, 2.75) is 105 Å². The number of rotatable bonds is 16. The first-order chi connectivity index (χ1) is 18.4. The third-order valence-corrected chi connectivity index (χ3v) is 6.00. The Kier molecular flexibility index (Phi) is 15.2. The molecule has 2 N–H and O–H groups in total. The molecule has 2 unspecified atom stereocenters. The summed E-state index contributed by atoms with van der Waals surface area (Å²) < 4.78 is 10.4. The van der Waals surface area contributed by atoms with E-state index >= 15 is 0 Å². The fraction of sp³-hybridized carbons (Fsp3) is 0.667. The molecule has 2 atom stereocenters. The van der Waals surface area contributed by atoms with E-state index < -0.39 is 35.7 Å². The lowest BCUT2D eigenvalue weighted by Gasteiger charge is -2.35. The minimum absolute atomic E-state index is 0.0286. The van der Waals surface area contributed by atoms with Crippen molar-refractivity contribution in [2.75, 3.05) is 19.7 Å². The second-order valence-corrected chi connectivity index (χ2v) is 11.0. The number of amides is 3. The zero-order valence-electron chi connectivity index (χ0n) is 24.9. The Labute approximate surface area is 234 Å². The lowest BCUT2D eigenvalue weighted by Crippen LogP contribution is -2.55. The first-order valence-electron chi connectivity index (χ1n) is 14.2. The molecule has 1 aromatic rings. The fourth-order valence-corrected chi connectivity index (χ4v) is 4.10. The third kappa shape index (κ3) is 13.0. The zero-order chi connectivity index (χ0) is 29.4. The standard InChI is InChI=1S/C30H49N3O6/c1-8-10-11-12-16-21-33(28(36)25(22(3)4)32-29(37)39-30(5,6)7)26(23-17-14-13-15-18-23)27(35)31-20-19-24(34)38-9-2/h13-15,17-18,22,25-26H,8-12,16,19-21H2,1-7H3,(H,31,35)(H,32,37). The monoisotopic (exact) mass is 547 g/mol. The van der Waals surface area contributed by atoms with E-state index in [0.717, 1.165) is 25.7 Å². The molecule has 1 aromatic carbocycles. The van der Waals surface area contributed by atoms with E-state index in [0.29, 0.717) is 18.5 Å². The summed E-state index contributed by atoms with van der Waals surface area (Å²) in [5.74, 6) is -1.41. The van der Waals surface area contributed by atoms with Crippen LogP contribution in [-0.4, -0.2) is 60.1 Å². The van der Waals surface area contributed by atoms with Crippen LogP contribution in [0, 0.1) is 5.92 Å². The molecule has 0 saturated heterocycles. The van der Waals surface area contributed by atoms with E-state index in [9.17, 15) is 19.2 Å². The second kappa shape index (κ2) is 17.5. The molecule has 0 spiro atoms. The third-order valence-electron chi connectivity index (χ3n) is 6.00. The van der Waals surface area contributed by atoms with Gasteiger partial charge in [-0.25, -0.2) is 4.79 Å². The number of ether oxygens (including phenoxy) is 2. The molecule has 9 nitrogen and oxygen atoms in total. The molecule has 220 valence electrons. The van der Waals surface area contributed by atoms with Crippen molar-refractivity contribution in [3.05, 3.63) is 35.9 Å². The van der Waals surface area contributed by atoms with E-state index in [4.69, 9.17) is 9.47 Å². The topological polar surface area (TPSA) is 114 Å². The lowest BCUT2D eigenvalue weighted by atomic mass is 9.98. The van der Waals surface area contributed by atoms with Gasteiger partial charge in [-0.2, -0.15) is 0 Å². The van der Waals surface area contributed by atoms with Crippen LogP contribution in [0.25, 0.3) is 0 Å². The molecule has 0 aliphatic rings. The first kappa shape index (κ1) is 33.9. The Balaban J connectivity index is 3.32. The SMILES string of the molecule is CCCCCCCN(C(=O)C(NC(=O)OC(C)(C)C)C(C)C)C(C(=O)NCCC(=O)OCC)c1ccccc1. The zero-order valence-corrected chi connectivity index (χ0v) is 24.9. The molecule has 0 aliphatic carbocycles. The van der Waals surface area contributed by atoms with Gasteiger partial charge in [-0.05, 0) is 45.6 Å². The molecule has 0 radical (unpaired) electrons. The Morgan fingerprint density at radius 2 is 1.59 bits per heavy atom. The molecule has 3 amide bonds. The number of carbonyl (C=O) groups excluding carboxylic acids is 4. The van der Waals surface area contributed by atoms with Crippen molar-refractivity contribution in [1.29, 1.82) is 0 Å². The van der Waals surface area contributed by atoms with Gasteiger partial charge in [-0.1, -0.05) is 76.8 Å². The summed E-state index contributed by atoms with van der Waals surface area (Å²) in [5, 5.41) is 5.55. The minimum atomic E-state index is -0.936. The van der Waals surface area contributed by atoms with Crippen LogP contribution >= 0.6 is 0 Å². The number of carbonyl (C=O) groups is 4. The van der Waals surface area contributed by atoms with Crippen LogP contribution in [0.1, 0.15) is 98.6 Å². The van der Waals surface area contributed by atoms with Crippen LogP contribution in [0.3, 0.4) is 0 Å². The molecule has 9 heteroatoms. The highest BCUT2D eigenvalue weighted by Gasteiger charge is 2.37. The van der Waals surface area contributed by atoms with Gasteiger partial charge in [-0.15, -0.1) is 0 Å². The fourth-order valence-electron chi connectivity index (χ4n) is 4.10. The number of alkyl carbamates (subject to hydrolysis) is 1. The maximum Gasteiger partial charge on any atom is 0.408 e. The van der Waals surface area contributed by atoms with E-state index in [1.165, 1.54) is 0 Å². The van der Waals surface area contributed by atoms with Gasteiger partial charge in [0.15, 0.2) is 0 Å². The van der Waals surface area contributed by atoms with E-state index in [1.807, 2.05) is 32.0 Å². The van der Waals surface area contributed by atoms with Crippen molar-refractivity contribution in [3.63, 3.8) is 0 Å². The number of nitrogens with one attached hydrogen (secondary N) is 2. The van der Waals surface area contributed by atoms with Gasteiger partial charge in [0.05, 0.1) is 13.0 Å². The average molecular weight is 548 g/mol. The van der Waals surface area contributed by atoms with Crippen LogP contribution < -0.4 is 10.6 Å². The lowest BCUT2D eigenvalue weighted by molar-refractivity contribution is -0.144. The smallest absolute Gasteiger partial charge is 0.408 e. The van der Waals surface area contributed by atoms with Crippen LogP contribution in [0.2, 0.25) is 0 Å². The molecule has 0 aliphatic heterocycles. The maximum absolute atomic E-state index is 14.1. The number of esters is 1. The van der Waals surface area contributed by atoms with Crippen LogP contribution in [0.15, 0.2) is 30.3 Å². The number of hydrogen-bond acceptors (Lipinski definition) is 6. The largest absolute Gasteiger partial charge is 0.466 e. The van der Waals surface area contributed by atoms with Gasteiger partial charge in [0.2, 0.25) is 11.8 Å². The summed E-state index contributed by atoms with van der Waals surface area (Å²) in [6.07, 6.45) is 4.18. The van der Waals surface area contributed by atoms with Crippen LogP contribution in [0.4, 0.5) is 4.79 Å². The highest BCUT2D eigenvalue weighted by Crippen LogP contribution is 2.25. The maximum atomic E-state index is 14.1. The van der Waals surface area contributed by atoms with Crippen LogP contribution in [-0.2, 0) is 23.9 Å². The predicted octanol–water partition coefficient (Wildman–Crippen LogP) is 5.15.